The van der Waals surface area contributed by atoms with E-state index < -0.39 is 12.1 Å². The normalized spacial score (nSPS) is 11.7. The number of hydrogen-bond donors (Lipinski definition) is 1. The Labute approximate surface area is 182 Å². The zero-order valence-corrected chi connectivity index (χ0v) is 17.7. The number of rotatable bonds is 7. The standard InChI is InChI=1S/C23H19BrN2O4/c1-16(29-20-13-9-19(24)10-14-20)22(27)26-25-15-17-7-11-21(12-8-17)30-23(28)18-5-3-2-4-6-18/h2-16H,1H3,(H,26,27). The number of carbonyl (C=O) groups is 2. The van der Waals surface area contributed by atoms with Gasteiger partial charge >= 0.3 is 5.97 Å². The molecule has 1 amide bonds. The van der Waals surface area contributed by atoms with Crippen LogP contribution in [-0.2, 0) is 4.79 Å². The van der Waals surface area contributed by atoms with Gasteiger partial charge in [0.05, 0.1) is 11.8 Å². The molecule has 6 nitrogen and oxygen atoms in total. The van der Waals surface area contributed by atoms with Crippen LogP contribution in [0.25, 0.3) is 0 Å². The summed E-state index contributed by atoms with van der Waals surface area (Å²) in [5.74, 6) is 0.207. The van der Waals surface area contributed by atoms with Gasteiger partial charge in [0, 0.05) is 4.47 Å². The fraction of sp³-hybridized carbons (Fsp3) is 0.0870. The molecule has 3 aromatic carbocycles. The number of hydrazone groups is 1. The molecule has 0 radical (unpaired) electrons. The largest absolute Gasteiger partial charge is 0.481 e. The Morgan fingerprint density at radius 3 is 2.23 bits per heavy atom. The van der Waals surface area contributed by atoms with E-state index in [0.29, 0.717) is 17.1 Å². The van der Waals surface area contributed by atoms with Gasteiger partial charge in [-0.25, -0.2) is 10.2 Å². The molecule has 3 aromatic rings. The molecular weight excluding hydrogens is 448 g/mol. The van der Waals surface area contributed by atoms with Crippen molar-refractivity contribution >= 4 is 34.0 Å². The average molecular weight is 467 g/mol. The molecule has 0 fully saturated rings. The minimum absolute atomic E-state index is 0.373. The summed E-state index contributed by atoms with van der Waals surface area (Å²) in [6.07, 6.45) is 0.788. The first-order valence-electron chi connectivity index (χ1n) is 9.14. The van der Waals surface area contributed by atoms with Crippen molar-refractivity contribution in [3.8, 4) is 11.5 Å². The highest BCUT2D eigenvalue weighted by atomic mass is 79.9. The lowest BCUT2D eigenvalue weighted by molar-refractivity contribution is -0.127. The predicted octanol–water partition coefficient (Wildman–Crippen LogP) is 4.59. The molecule has 1 N–H and O–H groups in total. The van der Waals surface area contributed by atoms with Crippen molar-refractivity contribution in [2.24, 2.45) is 5.10 Å². The summed E-state index contributed by atoms with van der Waals surface area (Å²) in [6.45, 7) is 1.64. The minimum atomic E-state index is -0.705. The number of nitrogens with one attached hydrogen (secondary N) is 1. The lowest BCUT2D eigenvalue weighted by Crippen LogP contribution is -2.33. The molecule has 1 unspecified atom stereocenters. The van der Waals surface area contributed by atoms with E-state index in [2.05, 4.69) is 26.5 Å². The van der Waals surface area contributed by atoms with Crippen molar-refractivity contribution in [2.45, 2.75) is 13.0 Å². The maximum Gasteiger partial charge on any atom is 0.343 e. The van der Waals surface area contributed by atoms with E-state index in [1.165, 1.54) is 6.21 Å². The molecule has 0 spiro atoms. The van der Waals surface area contributed by atoms with Gasteiger partial charge in [0.15, 0.2) is 6.10 Å². The Bertz CT molecular complexity index is 1020. The third kappa shape index (κ3) is 6.28. The predicted molar refractivity (Wildman–Crippen MR) is 118 cm³/mol. The number of benzene rings is 3. The topological polar surface area (TPSA) is 77.0 Å². The van der Waals surface area contributed by atoms with E-state index in [0.717, 1.165) is 10.0 Å². The van der Waals surface area contributed by atoms with E-state index in [-0.39, 0.29) is 5.91 Å². The monoisotopic (exact) mass is 466 g/mol. The summed E-state index contributed by atoms with van der Waals surface area (Å²) in [6, 6.07) is 22.7. The van der Waals surface area contributed by atoms with Gasteiger partial charge in [-0.05, 0) is 73.2 Å². The van der Waals surface area contributed by atoms with Gasteiger partial charge in [-0.2, -0.15) is 5.10 Å². The fourth-order valence-corrected chi connectivity index (χ4v) is 2.66. The van der Waals surface area contributed by atoms with Gasteiger partial charge in [-0.3, -0.25) is 4.79 Å². The molecule has 7 heteroatoms. The Hall–Kier alpha value is -3.45. The van der Waals surface area contributed by atoms with E-state index >= 15 is 0 Å². The van der Waals surface area contributed by atoms with Crippen LogP contribution < -0.4 is 14.9 Å². The van der Waals surface area contributed by atoms with E-state index in [1.54, 1.807) is 67.6 Å². The van der Waals surface area contributed by atoms with Crippen LogP contribution in [0.4, 0.5) is 0 Å². The number of halogens is 1. The number of nitrogens with zero attached hydrogens (tertiary/aromatic N) is 1. The molecule has 0 saturated heterocycles. The highest BCUT2D eigenvalue weighted by molar-refractivity contribution is 9.10. The average Bonchev–Trinajstić information content (AvgIpc) is 2.77. The summed E-state index contributed by atoms with van der Waals surface area (Å²) < 4.78 is 11.8. The minimum Gasteiger partial charge on any atom is -0.481 e. The lowest BCUT2D eigenvalue weighted by Gasteiger charge is -2.12. The lowest BCUT2D eigenvalue weighted by atomic mass is 10.2. The van der Waals surface area contributed by atoms with Crippen molar-refractivity contribution in [1.29, 1.82) is 0 Å². The van der Waals surface area contributed by atoms with E-state index in [9.17, 15) is 9.59 Å². The number of ether oxygens (including phenoxy) is 2. The first-order chi connectivity index (χ1) is 14.5. The number of amides is 1. The highest BCUT2D eigenvalue weighted by Gasteiger charge is 2.13. The molecule has 0 saturated carbocycles. The number of esters is 1. The van der Waals surface area contributed by atoms with E-state index in [4.69, 9.17) is 9.47 Å². The zero-order chi connectivity index (χ0) is 21.3. The molecule has 0 aliphatic rings. The smallest absolute Gasteiger partial charge is 0.343 e. The molecule has 0 aliphatic heterocycles. The van der Waals surface area contributed by atoms with Crippen molar-refractivity contribution < 1.29 is 19.1 Å². The van der Waals surface area contributed by atoms with Crippen molar-refractivity contribution in [3.63, 3.8) is 0 Å². The summed E-state index contributed by atoms with van der Waals surface area (Å²) in [4.78, 5) is 24.1. The van der Waals surface area contributed by atoms with Crippen LogP contribution in [-0.4, -0.2) is 24.2 Å². The summed E-state index contributed by atoms with van der Waals surface area (Å²) in [7, 11) is 0. The van der Waals surface area contributed by atoms with Crippen LogP contribution in [0.1, 0.15) is 22.8 Å². The number of hydrogen-bond acceptors (Lipinski definition) is 5. The molecule has 30 heavy (non-hydrogen) atoms. The molecule has 0 aromatic heterocycles. The SMILES string of the molecule is CC(Oc1ccc(Br)cc1)C(=O)NN=Cc1ccc(OC(=O)c2ccccc2)cc1. The van der Waals surface area contributed by atoms with Gasteiger partial charge in [0.2, 0.25) is 0 Å². The molecular formula is C23H19BrN2O4. The Kier molecular flexibility index (Phi) is 7.34. The van der Waals surface area contributed by atoms with E-state index in [1.807, 2.05) is 18.2 Å². The molecule has 0 heterocycles. The molecule has 1 atom stereocenters. The first-order valence-corrected chi connectivity index (χ1v) is 9.93. The van der Waals surface area contributed by atoms with Gasteiger partial charge in [-0.1, -0.05) is 34.1 Å². The van der Waals surface area contributed by atoms with Crippen molar-refractivity contribution in [3.05, 3.63) is 94.5 Å². The van der Waals surface area contributed by atoms with Crippen LogP contribution >= 0.6 is 15.9 Å². The second-order valence-corrected chi connectivity index (χ2v) is 7.19. The fourth-order valence-electron chi connectivity index (χ4n) is 2.39. The van der Waals surface area contributed by atoms with Gasteiger partial charge < -0.3 is 9.47 Å². The third-order valence-corrected chi connectivity index (χ3v) is 4.51. The molecule has 152 valence electrons. The first kappa shape index (κ1) is 21.3. The summed E-state index contributed by atoms with van der Waals surface area (Å²) in [5, 5.41) is 3.94. The van der Waals surface area contributed by atoms with Crippen molar-refractivity contribution in [1.82, 2.24) is 5.43 Å². The van der Waals surface area contributed by atoms with Gasteiger partial charge in [0.25, 0.3) is 5.91 Å². The molecule has 0 bridgehead atoms. The van der Waals surface area contributed by atoms with Gasteiger partial charge in [-0.15, -0.1) is 0 Å². The maximum absolute atomic E-state index is 12.1. The summed E-state index contributed by atoms with van der Waals surface area (Å²) >= 11 is 3.35. The Morgan fingerprint density at radius 1 is 0.933 bits per heavy atom. The Balaban J connectivity index is 1.49. The third-order valence-electron chi connectivity index (χ3n) is 3.98. The number of carbonyl (C=O) groups excluding carboxylic acids is 2. The van der Waals surface area contributed by atoms with Crippen LogP contribution in [0, 0.1) is 0 Å². The Morgan fingerprint density at radius 2 is 1.57 bits per heavy atom. The second-order valence-electron chi connectivity index (χ2n) is 6.27. The van der Waals surface area contributed by atoms with Crippen molar-refractivity contribution in [2.75, 3.05) is 0 Å². The van der Waals surface area contributed by atoms with Crippen LogP contribution in [0.15, 0.2) is 88.4 Å². The second kappa shape index (κ2) is 10.4. The van der Waals surface area contributed by atoms with Crippen LogP contribution in [0.2, 0.25) is 0 Å². The van der Waals surface area contributed by atoms with Crippen LogP contribution in [0.3, 0.4) is 0 Å². The zero-order valence-electron chi connectivity index (χ0n) is 16.1. The highest BCUT2D eigenvalue weighted by Crippen LogP contribution is 2.17. The maximum atomic E-state index is 12.1. The molecule has 0 aliphatic carbocycles. The van der Waals surface area contributed by atoms with Crippen LogP contribution in [0.5, 0.6) is 11.5 Å². The summed E-state index contributed by atoms with van der Waals surface area (Å²) in [5.41, 5.74) is 3.65. The molecule has 3 rings (SSSR count). The quantitative estimate of drug-likeness (QED) is 0.239. The van der Waals surface area contributed by atoms with Gasteiger partial charge in [0.1, 0.15) is 11.5 Å².